The van der Waals surface area contributed by atoms with Crippen molar-refractivity contribution in [2.24, 2.45) is 0 Å². The molecule has 0 radical (unpaired) electrons. The molecule has 1 saturated heterocycles. The van der Waals surface area contributed by atoms with E-state index >= 15 is 0 Å². The molecule has 1 aliphatic rings. The predicted molar refractivity (Wildman–Crippen MR) is 86.1 cm³/mol. The van der Waals surface area contributed by atoms with Gasteiger partial charge in [0.2, 0.25) is 0 Å². The van der Waals surface area contributed by atoms with Crippen LogP contribution in [0.2, 0.25) is 0 Å². The Morgan fingerprint density at radius 3 is 2.65 bits per heavy atom. The van der Waals surface area contributed by atoms with Gasteiger partial charge in [-0.2, -0.15) is 0 Å². The fourth-order valence-corrected chi connectivity index (χ4v) is 3.00. The van der Waals surface area contributed by atoms with E-state index in [2.05, 4.69) is 26.1 Å². The number of amides is 1. The van der Waals surface area contributed by atoms with E-state index in [0.717, 1.165) is 28.7 Å². The molecule has 20 heavy (non-hydrogen) atoms. The number of carbonyl (C=O) groups excluding carboxylic acids is 1. The SMILES string of the molecule is Cc1c(Br)cccc1C(=O)NCCN1CCCCCC1. The molecule has 0 unspecified atom stereocenters. The molecule has 1 aliphatic heterocycles. The number of hydrogen-bond acceptors (Lipinski definition) is 2. The number of halogens is 1. The maximum absolute atomic E-state index is 12.2. The van der Waals surface area contributed by atoms with E-state index in [4.69, 9.17) is 0 Å². The smallest absolute Gasteiger partial charge is 0.251 e. The molecule has 1 aromatic carbocycles. The second-order valence-electron chi connectivity index (χ2n) is 5.42. The molecule has 0 atom stereocenters. The minimum absolute atomic E-state index is 0.0265. The first-order valence-electron chi connectivity index (χ1n) is 7.44. The van der Waals surface area contributed by atoms with Crippen molar-refractivity contribution in [2.75, 3.05) is 26.2 Å². The van der Waals surface area contributed by atoms with E-state index in [1.54, 1.807) is 0 Å². The summed E-state index contributed by atoms with van der Waals surface area (Å²) in [5.74, 6) is 0.0265. The third-order valence-corrected chi connectivity index (χ3v) is 4.78. The summed E-state index contributed by atoms with van der Waals surface area (Å²) in [6.45, 7) is 5.99. The quantitative estimate of drug-likeness (QED) is 0.912. The van der Waals surface area contributed by atoms with Crippen LogP contribution < -0.4 is 5.32 Å². The number of benzene rings is 1. The maximum atomic E-state index is 12.2. The molecule has 4 heteroatoms. The van der Waals surface area contributed by atoms with Crippen LogP contribution in [0.4, 0.5) is 0 Å². The van der Waals surface area contributed by atoms with E-state index in [9.17, 15) is 4.79 Å². The van der Waals surface area contributed by atoms with Gasteiger partial charge in [-0.1, -0.05) is 34.8 Å². The Morgan fingerprint density at radius 2 is 1.95 bits per heavy atom. The van der Waals surface area contributed by atoms with Crippen molar-refractivity contribution < 1.29 is 4.79 Å². The molecule has 1 N–H and O–H groups in total. The lowest BCUT2D eigenvalue weighted by Gasteiger charge is -2.19. The summed E-state index contributed by atoms with van der Waals surface area (Å²) in [4.78, 5) is 14.6. The highest BCUT2D eigenvalue weighted by molar-refractivity contribution is 9.10. The molecule has 0 spiro atoms. The summed E-state index contributed by atoms with van der Waals surface area (Å²) < 4.78 is 0.984. The molecule has 3 nitrogen and oxygen atoms in total. The fourth-order valence-electron chi connectivity index (χ4n) is 2.64. The molecular weight excluding hydrogens is 316 g/mol. The van der Waals surface area contributed by atoms with Crippen LogP contribution in [0.25, 0.3) is 0 Å². The molecule has 2 rings (SSSR count). The lowest BCUT2D eigenvalue weighted by Crippen LogP contribution is -2.35. The highest BCUT2D eigenvalue weighted by atomic mass is 79.9. The van der Waals surface area contributed by atoms with Crippen molar-refractivity contribution in [1.82, 2.24) is 10.2 Å². The predicted octanol–water partition coefficient (Wildman–Crippen LogP) is 3.36. The van der Waals surface area contributed by atoms with Crippen molar-refractivity contribution in [2.45, 2.75) is 32.6 Å². The molecule has 0 saturated carbocycles. The standard InChI is InChI=1S/C16H23BrN2O/c1-13-14(7-6-8-15(13)17)16(20)18-9-12-19-10-4-2-3-5-11-19/h6-8H,2-5,9-12H2,1H3,(H,18,20). The summed E-state index contributed by atoms with van der Waals surface area (Å²) in [5.41, 5.74) is 1.76. The number of nitrogens with zero attached hydrogens (tertiary/aromatic N) is 1. The molecule has 1 amide bonds. The summed E-state index contributed by atoms with van der Waals surface area (Å²) >= 11 is 3.47. The van der Waals surface area contributed by atoms with E-state index in [1.165, 1.54) is 38.8 Å². The minimum Gasteiger partial charge on any atom is -0.351 e. The zero-order valence-electron chi connectivity index (χ0n) is 12.1. The Kier molecular flexibility index (Phi) is 6.05. The Morgan fingerprint density at radius 1 is 1.25 bits per heavy atom. The number of rotatable bonds is 4. The number of hydrogen-bond donors (Lipinski definition) is 1. The molecule has 110 valence electrons. The zero-order valence-corrected chi connectivity index (χ0v) is 13.7. The maximum Gasteiger partial charge on any atom is 0.251 e. The second kappa shape index (κ2) is 7.79. The van der Waals surface area contributed by atoms with Crippen molar-refractivity contribution in [1.29, 1.82) is 0 Å². The van der Waals surface area contributed by atoms with Crippen LogP contribution in [-0.4, -0.2) is 37.0 Å². The summed E-state index contributed by atoms with van der Waals surface area (Å²) in [6, 6.07) is 5.74. The van der Waals surface area contributed by atoms with Crippen molar-refractivity contribution in [3.05, 3.63) is 33.8 Å². The monoisotopic (exact) mass is 338 g/mol. The lowest BCUT2D eigenvalue weighted by molar-refractivity contribution is 0.0948. The van der Waals surface area contributed by atoms with Gasteiger partial charge in [0.05, 0.1) is 0 Å². The minimum atomic E-state index is 0.0265. The van der Waals surface area contributed by atoms with Gasteiger partial charge in [0.25, 0.3) is 5.91 Å². The van der Waals surface area contributed by atoms with E-state index in [0.29, 0.717) is 0 Å². The first kappa shape index (κ1) is 15.5. The summed E-state index contributed by atoms with van der Waals surface area (Å²) in [6.07, 6.45) is 5.28. The molecule has 0 aromatic heterocycles. The van der Waals surface area contributed by atoms with Crippen molar-refractivity contribution in [3.63, 3.8) is 0 Å². The van der Waals surface area contributed by atoms with Crippen LogP contribution in [0.3, 0.4) is 0 Å². The van der Waals surface area contributed by atoms with Crippen LogP contribution in [0.5, 0.6) is 0 Å². The largest absolute Gasteiger partial charge is 0.351 e. The van der Waals surface area contributed by atoms with Gasteiger partial charge in [0, 0.05) is 23.1 Å². The summed E-state index contributed by atoms with van der Waals surface area (Å²) in [5, 5.41) is 3.03. The van der Waals surface area contributed by atoms with Gasteiger partial charge >= 0.3 is 0 Å². The second-order valence-corrected chi connectivity index (χ2v) is 6.28. The van der Waals surface area contributed by atoms with Crippen LogP contribution in [0, 0.1) is 6.92 Å². The van der Waals surface area contributed by atoms with Crippen molar-refractivity contribution >= 4 is 21.8 Å². The molecular formula is C16H23BrN2O. The molecule has 0 aliphatic carbocycles. The van der Waals surface area contributed by atoms with Gasteiger partial charge in [-0.3, -0.25) is 4.79 Å². The Labute approximate surface area is 129 Å². The molecule has 1 aromatic rings. The van der Waals surface area contributed by atoms with Crippen LogP contribution in [-0.2, 0) is 0 Å². The number of likely N-dealkylation sites (tertiary alicyclic amines) is 1. The molecule has 1 heterocycles. The number of nitrogens with one attached hydrogen (secondary N) is 1. The average Bonchev–Trinajstić information content (AvgIpc) is 2.70. The topological polar surface area (TPSA) is 32.3 Å². The van der Waals surface area contributed by atoms with Gasteiger partial charge in [0.15, 0.2) is 0 Å². The Balaban J connectivity index is 1.81. The average molecular weight is 339 g/mol. The van der Waals surface area contributed by atoms with Gasteiger partial charge in [0.1, 0.15) is 0 Å². The van der Waals surface area contributed by atoms with E-state index in [-0.39, 0.29) is 5.91 Å². The third kappa shape index (κ3) is 4.32. The van der Waals surface area contributed by atoms with Crippen LogP contribution in [0.15, 0.2) is 22.7 Å². The number of carbonyl (C=O) groups is 1. The van der Waals surface area contributed by atoms with E-state index in [1.807, 2.05) is 25.1 Å². The van der Waals surface area contributed by atoms with Gasteiger partial charge in [-0.25, -0.2) is 0 Å². The highest BCUT2D eigenvalue weighted by Gasteiger charge is 2.12. The molecule has 1 fully saturated rings. The van der Waals surface area contributed by atoms with E-state index < -0.39 is 0 Å². The first-order valence-corrected chi connectivity index (χ1v) is 8.23. The zero-order chi connectivity index (χ0) is 14.4. The Hall–Kier alpha value is -0.870. The normalized spacial score (nSPS) is 16.7. The van der Waals surface area contributed by atoms with Crippen molar-refractivity contribution in [3.8, 4) is 0 Å². The molecule has 0 bridgehead atoms. The van der Waals surface area contributed by atoms with Gasteiger partial charge in [-0.05, 0) is 50.6 Å². The highest BCUT2D eigenvalue weighted by Crippen LogP contribution is 2.19. The van der Waals surface area contributed by atoms with Crippen LogP contribution in [0.1, 0.15) is 41.6 Å². The lowest BCUT2D eigenvalue weighted by atomic mass is 10.1. The fraction of sp³-hybridized carbons (Fsp3) is 0.562. The van der Waals surface area contributed by atoms with Crippen LogP contribution >= 0.6 is 15.9 Å². The summed E-state index contributed by atoms with van der Waals surface area (Å²) in [7, 11) is 0. The first-order chi connectivity index (χ1) is 9.68. The Bertz CT molecular complexity index is 454. The third-order valence-electron chi connectivity index (χ3n) is 3.92. The van der Waals surface area contributed by atoms with Gasteiger partial charge < -0.3 is 10.2 Å². The van der Waals surface area contributed by atoms with Gasteiger partial charge in [-0.15, -0.1) is 0 Å².